The summed E-state index contributed by atoms with van der Waals surface area (Å²) in [5, 5.41) is 2.55. The monoisotopic (exact) mass is 422 g/mol. The first kappa shape index (κ1) is 20.5. The van der Waals surface area contributed by atoms with Gasteiger partial charge in [0.05, 0.1) is 7.11 Å². The van der Waals surface area contributed by atoms with Crippen LogP contribution in [0.2, 0.25) is 0 Å². The first-order valence-electron chi connectivity index (χ1n) is 9.74. The molecule has 1 aliphatic rings. The second-order valence-corrected chi connectivity index (χ2v) is 7.26. The normalized spacial score (nSPS) is 13.6. The highest BCUT2D eigenvalue weighted by Gasteiger charge is 2.36. The Hall–Kier alpha value is -3.74. The van der Waals surface area contributed by atoms with Crippen LogP contribution in [0.25, 0.3) is 0 Å². The van der Waals surface area contributed by atoms with Crippen LogP contribution in [0.4, 0.5) is 14.5 Å². The van der Waals surface area contributed by atoms with E-state index >= 15 is 0 Å². The lowest BCUT2D eigenvalue weighted by Gasteiger charge is -2.27. The highest BCUT2D eigenvalue weighted by molar-refractivity contribution is 6.03. The molecular weight excluding hydrogens is 402 g/mol. The molecule has 0 radical (unpaired) electrons. The molecule has 4 rings (SSSR count). The molecule has 3 aromatic rings. The highest BCUT2D eigenvalue weighted by atomic mass is 19.1. The van der Waals surface area contributed by atoms with Crippen LogP contribution in [-0.2, 0) is 17.8 Å². The van der Waals surface area contributed by atoms with E-state index in [1.807, 2.05) is 42.5 Å². The van der Waals surface area contributed by atoms with Crippen molar-refractivity contribution in [3.05, 3.63) is 95.1 Å². The summed E-state index contributed by atoms with van der Waals surface area (Å²) in [7, 11) is 1.16. The number of ether oxygens (including phenoxy) is 1. The molecule has 1 aliphatic heterocycles. The molecular formula is C24H20F2N2O3. The zero-order valence-electron chi connectivity index (χ0n) is 16.8. The number of carbonyl (C=O) groups is 2. The third kappa shape index (κ3) is 4.12. The molecule has 31 heavy (non-hydrogen) atoms. The summed E-state index contributed by atoms with van der Waals surface area (Å²) >= 11 is 0. The van der Waals surface area contributed by atoms with Crippen LogP contribution in [0.15, 0.2) is 66.7 Å². The van der Waals surface area contributed by atoms with Gasteiger partial charge in [0.1, 0.15) is 6.04 Å². The predicted octanol–water partition coefficient (Wildman–Crippen LogP) is 4.18. The summed E-state index contributed by atoms with van der Waals surface area (Å²) in [6.45, 7) is 0.283. The fraction of sp³-hybridized carbons (Fsp3) is 0.167. The van der Waals surface area contributed by atoms with E-state index in [2.05, 4.69) is 10.1 Å². The van der Waals surface area contributed by atoms with E-state index in [9.17, 15) is 18.4 Å². The zero-order chi connectivity index (χ0) is 22.0. The average Bonchev–Trinajstić information content (AvgIpc) is 3.09. The van der Waals surface area contributed by atoms with Gasteiger partial charge in [-0.3, -0.25) is 9.59 Å². The van der Waals surface area contributed by atoms with Crippen molar-refractivity contribution in [3.8, 4) is 5.75 Å². The molecule has 0 aliphatic carbocycles. The van der Waals surface area contributed by atoms with Crippen molar-refractivity contribution < 1.29 is 23.1 Å². The Morgan fingerprint density at radius 2 is 1.71 bits per heavy atom. The Bertz CT molecular complexity index is 1110. The number of benzene rings is 3. The predicted molar refractivity (Wildman–Crippen MR) is 112 cm³/mol. The maximum absolute atomic E-state index is 14.1. The highest BCUT2D eigenvalue weighted by Crippen LogP contribution is 2.28. The van der Waals surface area contributed by atoms with Crippen LogP contribution in [0.5, 0.6) is 5.75 Å². The van der Waals surface area contributed by atoms with Crippen molar-refractivity contribution in [2.75, 3.05) is 12.4 Å². The minimum atomic E-state index is -0.929. The zero-order valence-corrected chi connectivity index (χ0v) is 16.8. The summed E-state index contributed by atoms with van der Waals surface area (Å²) in [6.07, 6.45) is 0.257. The largest absolute Gasteiger partial charge is 0.491 e. The number of nitrogens with one attached hydrogen (secondary N) is 1. The Labute approximate surface area is 178 Å². The second kappa shape index (κ2) is 8.55. The first-order chi connectivity index (χ1) is 15.0. The SMILES string of the molecule is COc1c(F)cc(NC(=O)[C@@H](Cc2ccccc2)N2Cc3ccccc3C2=O)cc1F. The number of methoxy groups -OCH3 is 1. The summed E-state index contributed by atoms with van der Waals surface area (Å²) in [5.74, 6) is -3.17. The molecule has 1 atom stereocenters. The van der Waals surface area contributed by atoms with Gasteiger partial charge in [-0.1, -0.05) is 48.5 Å². The molecule has 5 nitrogen and oxygen atoms in total. The minimum Gasteiger partial charge on any atom is -0.491 e. The topological polar surface area (TPSA) is 58.6 Å². The third-order valence-corrected chi connectivity index (χ3v) is 5.27. The maximum Gasteiger partial charge on any atom is 0.255 e. The van der Waals surface area contributed by atoms with E-state index in [4.69, 9.17) is 0 Å². The molecule has 0 saturated carbocycles. The number of fused-ring (bicyclic) bond motifs is 1. The van der Waals surface area contributed by atoms with Crippen LogP contribution in [-0.4, -0.2) is 29.9 Å². The number of carbonyl (C=O) groups excluding carboxylic acids is 2. The van der Waals surface area contributed by atoms with Gasteiger partial charge in [0.2, 0.25) is 5.91 Å². The van der Waals surface area contributed by atoms with Crippen molar-refractivity contribution in [3.63, 3.8) is 0 Å². The lowest BCUT2D eigenvalue weighted by atomic mass is 10.0. The maximum atomic E-state index is 14.1. The number of hydrogen-bond donors (Lipinski definition) is 1. The van der Waals surface area contributed by atoms with Gasteiger partial charge in [0.25, 0.3) is 5.91 Å². The van der Waals surface area contributed by atoms with Gasteiger partial charge in [0, 0.05) is 36.3 Å². The number of anilines is 1. The van der Waals surface area contributed by atoms with E-state index in [1.54, 1.807) is 12.1 Å². The Kier molecular flexibility index (Phi) is 5.66. The van der Waals surface area contributed by atoms with Crippen molar-refractivity contribution in [2.24, 2.45) is 0 Å². The van der Waals surface area contributed by atoms with Crippen molar-refractivity contribution >= 4 is 17.5 Å². The molecule has 0 fully saturated rings. The van der Waals surface area contributed by atoms with Gasteiger partial charge in [-0.2, -0.15) is 0 Å². The van der Waals surface area contributed by atoms with E-state index in [1.165, 1.54) is 4.90 Å². The smallest absolute Gasteiger partial charge is 0.255 e. The van der Waals surface area contributed by atoms with Gasteiger partial charge in [-0.25, -0.2) is 8.78 Å². The third-order valence-electron chi connectivity index (χ3n) is 5.27. The lowest BCUT2D eigenvalue weighted by Crippen LogP contribution is -2.45. The average molecular weight is 422 g/mol. The molecule has 0 saturated heterocycles. The van der Waals surface area contributed by atoms with Crippen LogP contribution in [0, 0.1) is 11.6 Å². The molecule has 0 bridgehead atoms. The van der Waals surface area contributed by atoms with E-state index in [0.717, 1.165) is 30.4 Å². The number of amides is 2. The van der Waals surface area contributed by atoms with Crippen molar-refractivity contribution in [1.82, 2.24) is 4.90 Å². The van der Waals surface area contributed by atoms with Gasteiger partial charge in [0.15, 0.2) is 17.4 Å². The van der Waals surface area contributed by atoms with E-state index < -0.39 is 29.3 Å². The summed E-state index contributed by atoms with van der Waals surface area (Å²) in [6, 6.07) is 17.6. The molecule has 1 N–H and O–H groups in total. The number of hydrogen-bond acceptors (Lipinski definition) is 3. The molecule has 0 unspecified atom stereocenters. The Morgan fingerprint density at radius 3 is 2.35 bits per heavy atom. The second-order valence-electron chi connectivity index (χ2n) is 7.26. The summed E-state index contributed by atoms with van der Waals surface area (Å²) in [5.41, 5.74) is 2.19. The number of halogens is 2. The molecule has 0 spiro atoms. The Morgan fingerprint density at radius 1 is 1.06 bits per heavy atom. The molecule has 7 heteroatoms. The fourth-order valence-electron chi connectivity index (χ4n) is 3.76. The van der Waals surface area contributed by atoms with E-state index in [0.29, 0.717) is 5.56 Å². The first-order valence-corrected chi connectivity index (χ1v) is 9.74. The molecule has 158 valence electrons. The molecule has 0 aromatic heterocycles. The van der Waals surface area contributed by atoms with Crippen LogP contribution < -0.4 is 10.1 Å². The number of rotatable bonds is 6. The molecule has 2 amide bonds. The van der Waals surface area contributed by atoms with Crippen LogP contribution >= 0.6 is 0 Å². The summed E-state index contributed by atoms with van der Waals surface area (Å²) in [4.78, 5) is 27.7. The fourth-order valence-corrected chi connectivity index (χ4v) is 3.76. The number of nitrogens with zero attached hydrogens (tertiary/aromatic N) is 1. The van der Waals surface area contributed by atoms with Crippen molar-refractivity contribution in [1.29, 1.82) is 0 Å². The quantitative estimate of drug-likeness (QED) is 0.649. The van der Waals surface area contributed by atoms with Crippen LogP contribution in [0.3, 0.4) is 0 Å². The standard InChI is InChI=1S/C24H20F2N2O3/c1-31-22-19(25)12-17(13-20(22)26)27-23(29)21(11-15-7-3-2-4-8-15)28-14-16-9-5-6-10-18(16)24(28)30/h2-10,12-13,21H,11,14H2,1H3,(H,27,29)/t21-/m1/s1. The Balaban J connectivity index is 1.63. The van der Waals surface area contributed by atoms with Crippen LogP contribution in [0.1, 0.15) is 21.5 Å². The van der Waals surface area contributed by atoms with Gasteiger partial charge < -0.3 is 15.0 Å². The van der Waals surface area contributed by atoms with E-state index in [-0.39, 0.29) is 24.6 Å². The van der Waals surface area contributed by atoms with Crippen molar-refractivity contribution in [2.45, 2.75) is 19.0 Å². The minimum absolute atomic E-state index is 0.0528. The lowest BCUT2D eigenvalue weighted by molar-refractivity contribution is -0.120. The summed E-state index contributed by atoms with van der Waals surface area (Å²) < 4.78 is 32.8. The van der Waals surface area contributed by atoms with Gasteiger partial charge in [-0.15, -0.1) is 0 Å². The van der Waals surface area contributed by atoms with Gasteiger partial charge in [-0.05, 0) is 17.2 Å². The van der Waals surface area contributed by atoms with Gasteiger partial charge >= 0.3 is 0 Å². The molecule has 1 heterocycles. The molecule has 3 aromatic carbocycles.